The molecule has 0 fully saturated rings. The second kappa shape index (κ2) is 6.44. The number of rotatable bonds is 3. The van der Waals surface area contributed by atoms with Gasteiger partial charge in [0.2, 0.25) is 0 Å². The second-order valence-corrected chi connectivity index (χ2v) is 6.17. The molecule has 5 heteroatoms. The van der Waals surface area contributed by atoms with Crippen molar-refractivity contribution >= 4 is 22.3 Å². The van der Waals surface area contributed by atoms with E-state index in [1.165, 1.54) is 10.6 Å². The number of carbonyl (C=O) groups is 1. The van der Waals surface area contributed by atoms with Crippen molar-refractivity contribution in [3.8, 4) is 0 Å². The van der Waals surface area contributed by atoms with Gasteiger partial charge >= 0.3 is 0 Å². The van der Waals surface area contributed by atoms with Gasteiger partial charge in [-0.05, 0) is 35.4 Å². The van der Waals surface area contributed by atoms with Gasteiger partial charge in [0.25, 0.3) is 11.5 Å². The first-order valence-electron chi connectivity index (χ1n) is 8.40. The van der Waals surface area contributed by atoms with Crippen LogP contribution in [0.1, 0.15) is 28.9 Å². The zero-order chi connectivity index (χ0) is 18.1. The number of aromatic nitrogens is 2. The fourth-order valence-corrected chi connectivity index (χ4v) is 3.16. The molecule has 2 aromatic heterocycles. The van der Waals surface area contributed by atoms with Crippen molar-refractivity contribution in [3.63, 3.8) is 0 Å². The van der Waals surface area contributed by atoms with Gasteiger partial charge in [-0.15, -0.1) is 0 Å². The third kappa shape index (κ3) is 2.73. The zero-order valence-electron chi connectivity index (χ0n) is 14.2. The molecule has 0 radical (unpaired) electrons. The minimum absolute atomic E-state index is 0.0285. The van der Waals surface area contributed by atoms with Crippen LogP contribution in [0.15, 0.2) is 77.9 Å². The predicted octanol–water partition coefficient (Wildman–Crippen LogP) is 3.34. The standard InChI is InChI=1S/C21H17N3O2/c1-14(16-10-6-8-15-7-2-3-9-17(15)16)23-20(25)18-13-22-19-11-4-5-12-24(19)21(18)26/h2-14H,1H3,(H,23,25). The molecule has 2 heterocycles. The quantitative estimate of drug-likeness (QED) is 0.620. The number of nitrogens with zero attached hydrogens (tertiary/aromatic N) is 2. The molecule has 26 heavy (non-hydrogen) atoms. The molecule has 0 spiro atoms. The summed E-state index contributed by atoms with van der Waals surface area (Å²) in [5.74, 6) is -0.429. The SMILES string of the molecule is CC(NC(=O)c1cnc2ccccn2c1=O)c1cccc2ccccc12. The van der Waals surface area contributed by atoms with E-state index in [1.54, 1.807) is 24.4 Å². The van der Waals surface area contributed by atoms with E-state index in [0.717, 1.165) is 16.3 Å². The van der Waals surface area contributed by atoms with E-state index in [-0.39, 0.29) is 17.2 Å². The minimum Gasteiger partial charge on any atom is -0.345 e. The molecule has 4 aromatic rings. The highest BCUT2D eigenvalue weighted by Crippen LogP contribution is 2.24. The van der Waals surface area contributed by atoms with Gasteiger partial charge in [0, 0.05) is 12.4 Å². The summed E-state index contributed by atoms with van der Waals surface area (Å²) in [6, 6.07) is 19.0. The van der Waals surface area contributed by atoms with Crippen LogP contribution in [-0.4, -0.2) is 15.3 Å². The molecule has 1 unspecified atom stereocenters. The first kappa shape index (κ1) is 16.0. The lowest BCUT2D eigenvalue weighted by atomic mass is 9.99. The molecule has 0 bridgehead atoms. The molecular formula is C21H17N3O2. The lowest BCUT2D eigenvalue weighted by Gasteiger charge is -2.16. The van der Waals surface area contributed by atoms with Crippen molar-refractivity contribution in [3.05, 3.63) is 94.5 Å². The minimum atomic E-state index is -0.429. The number of amides is 1. The Morgan fingerprint density at radius 3 is 2.69 bits per heavy atom. The fraction of sp³-hybridized carbons (Fsp3) is 0.0952. The molecule has 0 saturated carbocycles. The van der Waals surface area contributed by atoms with Crippen LogP contribution in [0.5, 0.6) is 0 Å². The molecule has 5 nitrogen and oxygen atoms in total. The summed E-state index contributed by atoms with van der Waals surface area (Å²) in [5, 5.41) is 5.11. The van der Waals surface area contributed by atoms with Crippen LogP contribution < -0.4 is 10.9 Å². The largest absolute Gasteiger partial charge is 0.345 e. The molecule has 1 amide bonds. The molecule has 2 aromatic carbocycles. The molecule has 128 valence electrons. The first-order valence-corrected chi connectivity index (χ1v) is 8.40. The van der Waals surface area contributed by atoms with Crippen molar-refractivity contribution < 1.29 is 4.79 Å². The number of carbonyl (C=O) groups excluding carboxylic acids is 1. The molecule has 0 aliphatic rings. The van der Waals surface area contributed by atoms with Crippen molar-refractivity contribution in [1.29, 1.82) is 0 Å². The van der Waals surface area contributed by atoms with Gasteiger partial charge in [0.05, 0.1) is 6.04 Å². The highest BCUT2D eigenvalue weighted by molar-refractivity contribution is 5.94. The molecule has 1 N–H and O–H groups in total. The lowest BCUT2D eigenvalue weighted by Crippen LogP contribution is -2.33. The van der Waals surface area contributed by atoms with Crippen LogP contribution in [0, 0.1) is 0 Å². The summed E-state index contributed by atoms with van der Waals surface area (Å²) in [5.41, 5.74) is 1.17. The second-order valence-electron chi connectivity index (χ2n) is 6.17. The monoisotopic (exact) mass is 343 g/mol. The molecule has 0 aliphatic carbocycles. The third-order valence-electron chi connectivity index (χ3n) is 4.50. The Hall–Kier alpha value is -3.47. The molecule has 4 rings (SSSR count). The number of benzene rings is 2. The number of hydrogen-bond acceptors (Lipinski definition) is 3. The predicted molar refractivity (Wildman–Crippen MR) is 101 cm³/mol. The van der Waals surface area contributed by atoms with E-state index in [9.17, 15) is 9.59 Å². The van der Waals surface area contributed by atoms with Crippen LogP contribution in [0.2, 0.25) is 0 Å². The van der Waals surface area contributed by atoms with E-state index < -0.39 is 5.91 Å². The van der Waals surface area contributed by atoms with E-state index in [2.05, 4.69) is 10.3 Å². The Morgan fingerprint density at radius 2 is 1.81 bits per heavy atom. The average Bonchev–Trinajstić information content (AvgIpc) is 2.68. The molecular weight excluding hydrogens is 326 g/mol. The van der Waals surface area contributed by atoms with Crippen LogP contribution in [0.4, 0.5) is 0 Å². The van der Waals surface area contributed by atoms with Crippen LogP contribution in [0.3, 0.4) is 0 Å². The molecule has 1 atom stereocenters. The van der Waals surface area contributed by atoms with Crippen molar-refractivity contribution in [2.45, 2.75) is 13.0 Å². The van der Waals surface area contributed by atoms with Crippen molar-refractivity contribution in [2.24, 2.45) is 0 Å². The van der Waals surface area contributed by atoms with Gasteiger partial charge in [-0.3, -0.25) is 14.0 Å². The maximum Gasteiger partial charge on any atom is 0.270 e. The van der Waals surface area contributed by atoms with Crippen molar-refractivity contribution in [2.75, 3.05) is 0 Å². The average molecular weight is 343 g/mol. The highest BCUT2D eigenvalue weighted by atomic mass is 16.2. The summed E-state index contributed by atoms with van der Waals surface area (Å²) < 4.78 is 1.37. The Bertz CT molecular complexity index is 1180. The van der Waals surface area contributed by atoms with Gasteiger partial charge < -0.3 is 5.32 Å². The Kier molecular flexibility index (Phi) is 3.97. The molecule has 0 saturated heterocycles. The summed E-state index contributed by atoms with van der Waals surface area (Å²) in [6.07, 6.45) is 2.94. The fourth-order valence-electron chi connectivity index (χ4n) is 3.16. The summed E-state index contributed by atoms with van der Waals surface area (Å²) in [7, 11) is 0. The highest BCUT2D eigenvalue weighted by Gasteiger charge is 2.17. The van der Waals surface area contributed by atoms with E-state index in [4.69, 9.17) is 0 Å². The number of hydrogen-bond donors (Lipinski definition) is 1. The molecule has 0 aliphatic heterocycles. The van der Waals surface area contributed by atoms with Crippen LogP contribution in [-0.2, 0) is 0 Å². The van der Waals surface area contributed by atoms with Crippen LogP contribution >= 0.6 is 0 Å². The maximum absolute atomic E-state index is 12.7. The third-order valence-corrected chi connectivity index (χ3v) is 4.50. The number of nitrogens with one attached hydrogen (secondary N) is 1. The summed E-state index contributed by atoms with van der Waals surface area (Å²) in [4.78, 5) is 29.4. The Labute approximate surface area is 149 Å². The van der Waals surface area contributed by atoms with E-state index >= 15 is 0 Å². The Balaban J connectivity index is 1.68. The van der Waals surface area contributed by atoms with Crippen LogP contribution in [0.25, 0.3) is 16.4 Å². The first-order chi connectivity index (χ1) is 12.6. The zero-order valence-corrected chi connectivity index (χ0v) is 14.2. The topological polar surface area (TPSA) is 63.5 Å². The Morgan fingerprint density at radius 1 is 1.04 bits per heavy atom. The number of fused-ring (bicyclic) bond motifs is 2. The van der Waals surface area contributed by atoms with Crippen molar-refractivity contribution in [1.82, 2.24) is 14.7 Å². The lowest BCUT2D eigenvalue weighted by molar-refractivity contribution is 0.0938. The van der Waals surface area contributed by atoms with Gasteiger partial charge in [-0.1, -0.05) is 48.5 Å². The van der Waals surface area contributed by atoms with Gasteiger partial charge in [-0.25, -0.2) is 4.98 Å². The summed E-state index contributed by atoms with van der Waals surface area (Å²) in [6.45, 7) is 1.91. The van der Waals surface area contributed by atoms with Gasteiger partial charge in [-0.2, -0.15) is 0 Å². The number of pyridine rings is 1. The van der Waals surface area contributed by atoms with Gasteiger partial charge in [0.15, 0.2) is 0 Å². The maximum atomic E-state index is 12.7. The van der Waals surface area contributed by atoms with E-state index in [0.29, 0.717) is 5.65 Å². The normalized spacial score (nSPS) is 12.2. The van der Waals surface area contributed by atoms with E-state index in [1.807, 2.05) is 49.4 Å². The smallest absolute Gasteiger partial charge is 0.270 e. The summed E-state index contributed by atoms with van der Waals surface area (Å²) >= 11 is 0. The van der Waals surface area contributed by atoms with Gasteiger partial charge in [0.1, 0.15) is 11.2 Å².